The van der Waals surface area contributed by atoms with Crippen LogP contribution in [0.3, 0.4) is 0 Å². The predicted molar refractivity (Wildman–Crippen MR) is 62.8 cm³/mol. The van der Waals surface area contributed by atoms with Gasteiger partial charge in [-0.1, -0.05) is 12.1 Å². The number of halogens is 1. The summed E-state index contributed by atoms with van der Waals surface area (Å²) < 4.78 is 22.2. The van der Waals surface area contributed by atoms with Crippen LogP contribution in [-0.4, -0.2) is 26.3 Å². The Morgan fingerprint density at radius 3 is 2.61 bits per heavy atom. The van der Waals surface area contributed by atoms with E-state index in [1.54, 1.807) is 6.07 Å². The Bertz CT molecular complexity index is 474. The van der Waals surface area contributed by atoms with E-state index in [-0.39, 0.29) is 24.6 Å². The zero-order valence-electron chi connectivity index (χ0n) is 9.85. The Hall–Kier alpha value is -2.19. The summed E-state index contributed by atoms with van der Waals surface area (Å²) >= 11 is 0. The van der Waals surface area contributed by atoms with Crippen LogP contribution in [-0.2, 0) is 14.3 Å². The van der Waals surface area contributed by atoms with Crippen molar-refractivity contribution in [1.29, 1.82) is 5.26 Å². The van der Waals surface area contributed by atoms with Gasteiger partial charge in [-0.3, -0.25) is 0 Å². The minimum absolute atomic E-state index is 0.0811. The second-order valence-electron chi connectivity index (χ2n) is 3.35. The van der Waals surface area contributed by atoms with Gasteiger partial charge in [-0.15, -0.1) is 0 Å². The average molecular weight is 249 g/mol. The van der Waals surface area contributed by atoms with Crippen molar-refractivity contribution >= 4 is 12.0 Å². The van der Waals surface area contributed by atoms with E-state index in [2.05, 4.69) is 0 Å². The van der Waals surface area contributed by atoms with Gasteiger partial charge in [0.15, 0.2) is 0 Å². The predicted octanol–water partition coefficient (Wildman–Crippen LogP) is 1.92. The molecule has 0 aliphatic carbocycles. The first-order chi connectivity index (χ1) is 8.67. The average Bonchev–Trinajstić information content (AvgIpc) is 2.38. The normalized spacial score (nSPS) is 10.8. The van der Waals surface area contributed by atoms with Crippen LogP contribution in [0.4, 0.5) is 4.39 Å². The molecule has 0 spiro atoms. The number of rotatable bonds is 5. The van der Waals surface area contributed by atoms with Gasteiger partial charge in [-0.25, -0.2) is 9.18 Å². The summed E-state index contributed by atoms with van der Waals surface area (Å²) in [6.07, 6.45) is 1.34. The number of ether oxygens (including phenoxy) is 2. The number of hydrogen-bond donors (Lipinski definition) is 0. The summed E-state index contributed by atoms with van der Waals surface area (Å²) in [7, 11) is 1.48. The summed E-state index contributed by atoms with van der Waals surface area (Å²) in [6.45, 7) is 0.346. The molecule has 0 saturated heterocycles. The molecule has 0 unspecified atom stereocenters. The zero-order valence-corrected chi connectivity index (χ0v) is 9.85. The van der Waals surface area contributed by atoms with Crippen molar-refractivity contribution in [1.82, 2.24) is 0 Å². The first-order valence-corrected chi connectivity index (χ1v) is 5.21. The lowest BCUT2D eigenvalue weighted by molar-refractivity contribution is -0.139. The highest BCUT2D eigenvalue weighted by atomic mass is 19.1. The maximum Gasteiger partial charge on any atom is 0.348 e. The Labute approximate surface area is 104 Å². The molecule has 0 amide bonds. The topological polar surface area (TPSA) is 59.3 Å². The number of carbonyl (C=O) groups is 1. The van der Waals surface area contributed by atoms with Gasteiger partial charge in [0.1, 0.15) is 24.1 Å². The van der Waals surface area contributed by atoms with Crippen LogP contribution < -0.4 is 0 Å². The number of hydrogen-bond acceptors (Lipinski definition) is 4. The van der Waals surface area contributed by atoms with Crippen LogP contribution in [0.15, 0.2) is 29.8 Å². The van der Waals surface area contributed by atoms with Crippen molar-refractivity contribution in [2.75, 3.05) is 20.3 Å². The lowest BCUT2D eigenvalue weighted by atomic mass is 10.1. The molecule has 1 aromatic carbocycles. The summed E-state index contributed by atoms with van der Waals surface area (Å²) in [5.41, 5.74) is 0.411. The quantitative estimate of drug-likeness (QED) is 0.346. The van der Waals surface area contributed by atoms with Crippen molar-refractivity contribution in [2.24, 2.45) is 0 Å². The highest BCUT2D eigenvalue weighted by Gasteiger charge is 2.10. The SMILES string of the molecule is COCCOC(=O)C(C#N)=Cc1ccc(F)cc1. The molecule has 0 aliphatic rings. The smallest absolute Gasteiger partial charge is 0.348 e. The molecule has 18 heavy (non-hydrogen) atoms. The van der Waals surface area contributed by atoms with Crippen molar-refractivity contribution in [3.63, 3.8) is 0 Å². The number of nitriles is 1. The van der Waals surface area contributed by atoms with Crippen LogP contribution in [0, 0.1) is 17.1 Å². The molecule has 0 N–H and O–H groups in total. The Morgan fingerprint density at radius 2 is 2.06 bits per heavy atom. The molecule has 0 radical (unpaired) electrons. The summed E-state index contributed by atoms with van der Waals surface area (Å²) in [5.74, 6) is -1.10. The molecule has 0 fully saturated rings. The fourth-order valence-corrected chi connectivity index (χ4v) is 1.16. The van der Waals surface area contributed by atoms with Gasteiger partial charge in [0, 0.05) is 7.11 Å². The third-order valence-corrected chi connectivity index (χ3v) is 2.04. The third-order valence-electron chi connectivity index (χ3n) is 2.04. The van der Waals surface area contributed by atoms with Crippen molar-refractivity contribution in [2.45, 2.75) is 0 Å². The van der Waals surface area contributed by atoms with Crippen LogP contribution in [0.1, 0.15) is 5.56 Å². The molecule has 4 nitrogen and oxygen atoms in total. The van der Waals surface area contributed by atoms with E-state index < -0.39 is 5.97 Å². The minimum atomic E-state index is -0.723. The highest BCUT2D eigenvalue weighted by molar-refractivity contribution is 5.97. The molecular weight excluding hydrogens is 237 g/mol. The van der Waals surface area contributed by atoms with Crippen LogP contribution >= 0.6 is 0 Å². The Balaban J connectivity index is 2.74. The van der Waals surface area contributed by atoms with Gasteiger partial charge in [0.05, 0.1) is 6.61 Å². The number of benzene rings is 1. The minimum Gasteiger partial charge on any atom is -0.459 e. The highest BCUT2D eigenvalue weighted by Crippen LogP contribution is 2.09. The maximum atomic E-state index is 12.7. The van der Waals surface area contributed by atoms with Gasteiger partial charge in [-0.2, -0.15) is 5.26 Å². The molecule has 0 atom stereocenters. The Kier molecular flexibility index (Phi) is 5.55. The summed E-state index contributed by atoms with van der Waals surface area (Å²) in [6, 6.07) is 7.17. The molecule has 0 aliphatic heterocycles. The first-order valence-electron chi connectivity index (χ1n) is 5.21. The van der Waals surface area contributed by atoms with Crippen molar-refractivity contribution in [3.05, 3.63) is 41.2 Å². The van der Waals surface area contributed by atoms with Crippen LogP contribution in [0.25, 0.3) is 6.08 Å². The van der Waals surface area contributed by atoms with E-state index in [0.29, 0.717) is 5.56 Å². The van der Waals surface area contributed by atoms with Gasteiger partial charge in [0.25, 0.3) is 0 Å². The summed E-state index contributed by atoms with van der Waals surface area (Å²) in [5, 5.41) is 8.84. The first kappa shape index (κ1) is 13.9. The fourth-order valence-electron chi connectivity index (χ4n) is 1.16. The van der Waals surface area contributed by atoms with E-state index in [9.17, 15) is 9.18 Å². The molecular formula is C13H12FNO3. The molecule has 0 bridgehead atoms. The molecule has 0 saturated carbocycles. The monoisotopic (exact) mass is 249 g/mol. The van der Waals surface area contributed by atoms with Gasteiger partial charge in [0.2, 0.25) is 0 Å². The van der Waals surface area contributed by atoms with Gasteiger partial charge >= 0.3 is 5.97 Å². The molecule has 94 valence electrons. The second kappa shape index (κ2) is 7.20. The van der Waals surface area contributed by atoms with E-state index in [1.165, 1.54) is 37.5 Å². The van der Waals surface area contributed by atoms with Crippen molar-refractivity contribution < 1.29 is 18.7 Å². The van der Waals surface area contributed by atoms with Crippen LogP contribution in [0.5, 0.6) is 0 Å². The van der Waals surface area contributed by atoms with Crippen LogP contribution in [0.2, 0.25) is 0 Å². The molecule has 0 aromatic heterocycles. The third kappa shape index (κ3) is 4.36. The molecule has 0 heterocycles. The summed E-state index contributed by atoms with van der Waals surface area (Å²) in [4.78, 5) is 11.5. The van der Waals surface area contributed by atoms with E-state index >= 15 is 0 Å². The van der Waals surface area contributed by atoms with E-state index in [4.69, 9.17) is 14.7 Å². The fraction of sp³-hybridized carbons (Fsp3) is 0.231. The molecule has 1 rings (SSSR count). The van der Waals surface area contributed by atoms with E-state index in [0.717, 1.165) is 0 Å². The molecule has 1 aromatic rings. The van der Waals surface area contributed by atoms with Gasteiger partial charge < -0.3 is 9.47 Å². The number of esters is 1. The second-order valence-corrected chi connectivity index (χ2v) is 3.35. The van der Waals surface area contributed by atoms with Gasteiger partial charge in [-0.05, 0) is 23.8 Å². The molecule has 5 heteroatoms. The van der Waals surface area contributed by atoms with Crippen molar-refractivity contribution in [3.8, 4) is 6.07 Å². The number of nitrogens with zero attached hydrogens (tertiary/aromatic N) is 1. The Morgan fingerprint density at radius 1 is 1.39 bits per heavy atom. The lowest BCUT2D eigenvalue weighted by Crippen LogP contribution is -2.11. The number of methoxy groups -OCH3 is 1. The standard InChI is InChI=1S/C13H12FNO3/c1-17-6-7-18-13(16)11(9-15)8-10-2-4-12(14)5-3-10/h2-5,8H,6-7H2,1H3. The lowest BCUT2D eigenvalue weighted by Gasteiger charge is -2.02. The number of carbonyl (C=O) groups excluding carboxylic acids is 1. The van der Waals surface area contributed by atoms with E-state index in [1.807, 2.05) is 0 Å². The zero-order chi connectivity index (χ0) is 13.4. The maximum absolute atomic E-state index is 12.7. The largest absolute Gasteiger partial charge is 0.459 e.